The second-order valence-electron chi connectivity index (χ2n) is 9.35. The molecule has 1 fully saturated rings. The van der Waals surface area contributed by atoms with E-state index in [2.05, 4.69) is 86.7 Å². The number of hydrogen-bond acceptors (Lipinski definition) is 0. The van der Waals surface area contributed by atoms with Gasteiger partial charge in [0.25, 0.3) is 0 Å². The Morgan fingerprint density at radius 3 is 2.33 bits per heavy atom. The van der Waals surface area contributed by atoms with Crippen molar-refractivity contribution in [2.24, 2.45) is 5.92 Å². The monoisotopic (exact) mass is 392 g/mol. The lowest BCUT2D eigenvalue weighted by Crippen LogP contribution is -2.10. The van der Waals surface area contributed by atoms with Crippen molar-refractivity contribution in [2.45, 2.75) is 58.3 Å². The van der Waals surface area contributed by atoms with Crippen molar-refractivity contribution in [3.63, 3.8) is 0 Å². The van der Waals surface area contributed by atoms with Gasteiger partial charge < -0.3 is 0 Å². The average molecular weight is 393 g/mol. The molecular formula is C30H32. The normalized spacial score (nSPS) is 21.1. The predicted molar refractivity (Wildman–Crippen MR) is 129 cm³/mol. The van der Waals surface area contributed by atoms with Gasteiger partial charge in [0.2, 0.25) is 0 Å². The summed E-state index contributed by atoms with van der Waals surface area (Å²) in [4.78, 5) is 0. The third-order valence-corrected chi connectivity index (χ3v) is 7.38. The minimum Gasteiger partial charge on any atom is -0.0726 e. The SMILES string of the molecule is Cc1ccc(C2=CC=C(Cc3ccc(C4CCCCC4)cc3)C3=CC=CC32)cc1C. The molecule has 1 atom stereocenters. The second kappa shape index (κ2) is 8.26. The highest BCUT2D eigenvalue weighted by Gasteiger charge is 2.26. The van der Waals surface area contributed by atoms with Gasteiger partial charge in [-0.25, -0.2) is 0 Å². The second-order valence-corrected chi connectivity index (χ2v) is 9.35. The van der Waals surface area contributed by atoms with Crippen molar-refractivity contribution in [1.82, 2.24) is 0 Å². The van der Waals surface area contributed by atoms with E-state index < -0.39 is 0 Å². The maximum absolute atomic E-state index is 2.39. The molecule has 0 radical (unpaired) electrons. The fourth-order valence-corrected chi connectivity index (χ4v) is 5.37. The highest BCUT2D eigenvalue weighted by atomic mass is 14.3. The highest BCUT2D eigenvalue weighted by molar-refractivity contribution is 5.79. The summed E-state index contributed by atoms with van der Waals surface area (Å²) in [5.74, 6) is 1.19. The van der Waals surface area contributed by atoms with Crippen molar-refractivity contribution in [3.05, 3.63) is 112 Å². The molecule has 1 unspecified atom stereocenters. The fraction of sp³-hybridized carbons (Fsp3) is 0.333. The van der Waals surface area contributed by atoms with Gasteiger partial charge in [0, 0.05) is 5.92 Å². The van der Waals surface area contributed by atoms with Gasteiger partial charge in [-0.15, -0.1) is 0 Å². The smallest absolute Gasteiger partial charge is 0.0281 e. The van der Waals surface area contributed by atoms with Gasteiger partial charge >= 0.3 is 0 Å². The summed E-state index contributed by atoms with van der Waals surface area (Å²) in [5.41, 5.74) is 11.4. The Morgan fingerprint density at radius 2 is 1.57 bits per heavy atom. The van der Waals surface area contributed by atoms with Gasteiger partial charge in [0.15, 0.2) is 0 Å². The first-order valence-corrected chi connectivity index (χ1v) is 11.6. The van der Waals surface area contributed by atoms with Crippen molar-refractivity contribution in [3.8, 4) is 0 Å². The molecule has 0 aromatic heterocycles. The van der Waals surface area contributed by atoms with E-state index in [0.29, 0.717) is 5.92 Å². The standard InChI is InChI=1S/C30H32/c1-21-11-14-26(19-22(21)2)29-18-17-27(28-9-6-10-30(28)29)20-23-12-15-25(16-13-23)24-7-4-3-5-8-24/h6,9-19,24,30H,3-5,7-8,20H2,1-2H3. The summed E-state index contributed by atoms with van der Waals surface area (Å²) >= 11 is 0. The molecule has 0 heteroatoms. The molecule has 0 N–H and O–H groups in total. The molecule has 0 saturated heterocycles. The zero-order valence-corrected chi connectivity index (χ0v) is 18.3. The van der Waals surface area contributed by atoms with Crippen LogP contribution in [-0.2, 0) is 6.42 Å². The van der Waals surface area contributed by atoms with Crippen LogP contribution in [0.4, 0.5) is 0 Å². The minimum atomic E-state index is 0.397. The Bertz CT molecular complexity index is 1050. The zero-order valence-electron chi connectivity index (χ0n) is 18.3. The quantitative estimate of drug-likeness (QED) is 0.494. The van der Waals surface area contributed by atoms with Crippen LogP contribution in [0.25, 0.3) is 5.57 Å². The van der Waals surface area contributed by atoms with Crippen LogP contribution in [0, 0.1) is 19.8 Å². The number of rotatable bonds is 4. The van der Waals surface area contributed by atoms with E-state index in [9.17, 15) is 0 Å². The third-order valence-electron chi connectivity index (χ3n) is 7.38. The molecule has 0 aliphatic heterocycles. The summed E-state index contributed by atoms with van der Waals surface area (Å²) in [5, 5.41) is 0. The molecule has 1 saturated carbocycles. The molecule has 5 rings (SSSR count). The molecule has 152 valence electrons. The van der Waals surface area contributed by atoms with Gasteiger partial charge in [-0.05, 0) is 83.6 Å². The van der Waals surface area contributed by atoms with Crippen LogP contribution < -0.4 is 0 Å². The number of allylic oxidation sites excluding steroid dienone is 8. The van der Waals surface area contributed by atoms with E-state index in [1.54, 1.807) is 5.56 Å². The van der Waals surface area contributed by atoms with Crippen molar-refractivity contribution >= 4 is 5.57 Å². The summed E-state index contributed by atoms with van der Waals surface area (Å²) in [6.45, 7) is 4.40. The Balaban J connectivity index is 1.38. The largest absolute Gasteiger partial charge is 0.0726 e. The topological polar surface area (TPSA) is 0 Å². The highest BCUT2D eigenvalue weighted by Crippen LogP contribution is 2.42. The number of hydrogen-bond donors (Lipinski definition) is 0. The maximum Gasteiger partial charge on any atom is 0.0281 e. The van der Waals surface area contributed by atoms with E-state index in [-0.39, 0.29) is 0 Å². The van der Waals surface area contributed by atoms with Crippen molar-refractivity contribution < 1.29 is 0 Å². The van der Waals surface area contributed by atoms with Crippen molar-refractivity contribution in [1.29, 1.82) is 0 Å². The Kier molecular flexibility index (Phi) is 5.34. The van der Waals surface area contributed by atoms with Crippen LogP contribution in [0.15, 0.2) is 84.0 Å². The van der Waals surface area contributed by atoms with Crippen LogP contribution in [0.2, 0.25) is 0 Å². The molecule has 0 nitrogen and oxygen atoms in total. The molecule has 0 amide bonds. The van der Waals surface area contributed by atoms with E-state index in [4.69, 9.17) is 0 Å². The number of benzene rings is 2. The van der Waals surface area contributed by atoms with Crippen LogP contribution in [0.5, 0.6) is 0 Å². The lowest BCUT2D eigenvalue weighted by molar-refractivity contribution is 0.443. The van der Waals surface area contributed by atoms with Gasteiger partial charge in [-0.3, -0.25) is 0 Å². The van der Waals surface area contributed by atoms with Crippen LogP contribution >= 0.6 is 0 Å². The fourth-order valence-electron chi connectivity index (χ4n) is 5.37. The van der Waals surface area contributed by atoms with Crippen molar-refractivity contribution in [2.75, 3.05) is 0 Å². The van der Waals surface area contributed by atoms with Crippen LogP contribution in [0.1, 0.15) is 65.8 Å². The number of fused-ring (bicyclic) bond motifs is 1. The molecule has 3 aliphatic carbocycles. The molecule has 3 aliphatic rings. The lowest BCUT2D eigenvalue weighted by Gasteiger charge is -2.25. The first kappa shape index (κ1) is 19.4. The third kappa shape index (κ3) is 3.76. The molecule has 0 spiro atoms. The van der Waals surface area contributed by atoms with E-state index >= 15 is 0 Å². The Morgan fingerprint density at radius 1 is 0.767 bits per heavy atom. The summed E-state index contributed by atoms with van der Waals surface area (Å²) in [6, 6.07) is 16.4. The molecule has 2 aromatic rings. The van der Waals surface area contributed by atoms with Gasteiger partial charge in [-0.1, -0.05) is 92.1 Å². The van der Waals surface area contributed by atoms with E-state index in [1.807, 2.05) is 0 Å². The first-order valence-electron chi connectivity index (χ1n) is 11.6. The van der Waals surface area contributed by atoms with E-state index in [1.165, 1.54) is 71.1 Å². The van der Waals surface area contributed by atoms with E-state index in [0.717, 1.165) is 12.3 Å². The predicted octanol–water partition coefficient (Wildman–Crippen LogP) is 8.03. The Hall–Kier alpha value is -2.60. The van der Waals surface area contributed by atoms with Gasteiger partial charge in [0.05, 0.1) is 0 Å². The summed E-state index contributed by atoms with van der Waals surface area (Å²) in [7, 11) is 0. The molecule has 30 heavy (non-hydrogen) atoms. The van der Waals surface area contributed by atoms with Gasteiger partial charge in [-0.2, -0.15) is 0 Å². The Labute approximate surface area is 181 Å². The lowest BCUT2D eigenvalue weighted by atomic mass is 9.79. The zero-order chi connectivity index (χ0) is 20.5. The maximum atomic E-state index is 2.39. The van der Waals surface area contributed by atoms with Crippen LogP contribution in [-0.4, -0.2) is 0 Å². The first-order chi connectivity index (χ1) is 14.7. The molecule has 2 aromatic carbocycles. The molecule has 0 bridgehead atoms. The summed E-state index contributed by atoms with van der Waals surface area (Å²) < 4.78 is 0. The summed E-state index contributed by atoms with van der Waals surface area (Å²) in [6.07, 6.45) is 19.6. The molecular weight excluding hydrogens is 360 g/mol. The average Bonchev–Trinajstić information content (AvgIpc) is 3.28. The van der Waals surface area contributed by atoms with Crippen LogP contribution in [0.3, 0.4) is 0 Å². The minimum absolute atomic E-state index is 0.397. The van der Waals surface area contributed by atoms with Gasteiger partial charge in [0.1, 0.15) is 0 Å². The molecule has 0 heterocycles. The number of aryl methyl sites for hydroxylation is 2.